The minimum Gasteiger partial charge on any atom is -0.494 e. The van der Waals surface area contributed by atoms with Gasteiger partial charge in [-0.25, -0.2) is 0 Å². The van der Waals surface area contributed by atoms with Crippen LogP contribution in [0, 0.1) is 0 Å². The van der Waals surface area contributed by atoms with E-state index in [0.717, 1.165) is 31.0 Å². The van der Waals surface area contributed by atoms with Crippen LogP contribution < -0.4 is 15.4 Å². The van der Waals surface area contributed by atoms with Gasteiger partial charge in [-0.3, -0.25) is 4.79 Å². The van der Waals surface area contributed by atoms with E-state index >= 15 is 0 Å². The summed E-state index contributed by atoms with van der Waals surface area (Å²) in [6, 6.07) is 9.09. The van der Waals surface area contributed by atoms with Crippen LogP contribution in [0.5, 0.6) is 5.75 Å². The highest BCUT2D eigenvalue weighted by Crippen LogP contribution is 2.35. The molecule has 2 fully saturated rings. The Bertz CT molecular complexity index is 537. The first-order valence-electron chi connectivity index (χ1n) is 8.29. The van der Waals surface area contributed by atoms with E-state index in [2.05, 4.69) is 21.9 Å². The van der Waals surface area contributed by atoms with Gasteiger partial charge in [-0.15, -0.1) is 0 Å². The van der Waals surface area contributed by atoms with E-state index in [0.29, 0.717) is 31.0 Å². The normalized spacial score (nSPS) is 22.7. The van der Waals surface area contributed by atoms with Gasteiger partial charge in [0.25, 0.3) is 0 Å². The van der Waals surface area contributed by atoms with E-state index in [4.69, 9.17) is 10.5 Å². The van der Waals surface area contributed by atoms with Crippen LogP contribution in [0.15, 0.2) is 24.3 Å². The number of hydrogen-bond donors (Lipinski definition) is 1. The number of amides is 1. The standard InChI is InChI=1S/C17H25N3O2S/c1-2-22-16-5-3-13(4-6-16)19-10-15-9-14(19)11-20(15)17(21)12-23-8-7-18/h3-6,14-15H,2,7-12,18H2,1H3. The maximum absolute atomic E-state index is 12.3. The van der Waals surface area contributed by atoms with Crippen LogP contribution in [0.4, 0.5) is 5.69 Å². The third-order valence-corrected chi connectivity index (χ3v) is 5.50. The molecular formula is C17H25N3O2S. The summed E-state index contributed by atoms with van der Waals surface area (Å²) in [5.74, 6) is 2.59. The van der Waals surface area contributed by atoms with Gasteiger partial charge in [0.15, 0.2) is 0 Å². The number of piperazine rings is 1. The van der Waals surface area contributed by atoms with Crippen molar-refractivity contribution in [2.75, 3.05) is 42.6 Å². The zero-order valence-electron chi connectivity index (χ0n) is 13.6. The highest BCUT2D eigenvalue weighted by Gasteiger charge is 2.44. The Morgan fingerprint density at radius 1 is 1.30 bits per heavy atom. The van der Waals surface area contributed by atoms with Crippen LogP contribution in [0.1, 0.15) is 13.3 Å². The molecule has 2 unspecified atom stereocenters. The van der Waals surface area contributed by atoms with Crippen molar-refractivity contribution in [1.29, 1.82) is 0 Å². The number of nitrogens with two attached hydrogens (primary N) is 1. The molecule has 2 aliphatic heterocycles. The van der Waals surface area contributed by atoms with Gasteiger partial charge >= 0.3 is 0 Å². The number of nitrogens with zero attached hydrogens (tertiary/aromatic N) is 2. The van der Waals surface area contributed by atoms with Gasteiger partial charge in [-0.2, -0.15) is 11.8 Å². The van der Waals surface area contributed by atoms with Gasteiger partial charge in [-0.05, 0) is 37.6 Å². The van der Waals surface area contributed by atoms with Crippen molar-refractivity contribution in [1.82, 2.24) is 4.90 Å². The van der Waals surface area contributed by atoms with Crippen molar-refractivity contribution in [3.05, 3.63) is 24.3 Å². The Labute approximate surface area is 142 Å². The number of likely N-dealkylation sites (tertiary alicyclic amines) is 1. The van der Waals surface area contributed by atoms with Crippen molar-refractivity contribution >= 4 is 23.4 Å². The van der Waals surface area contributed by atoms with E-state index in [1.807, 2.05) is 19.1 Å². The number of carbonyl (C=O) groups is 1. The average molecular weight is 335 g/mol. The molecule has 1 amide bonds. The van der Waals surface area contributed by atoms with Crippen LogP contribution in [0.3, 0.4) is 0 Å². The fraction of sp³-hybridized carbons (Fsp3) is 0.588. The van der Waals surface area contributed by atoms with Crippen LogP contribution >= 0.6 is 11.8 Å². The molecule has 2 atom stereocenters. The first kappa shape index (κ1) is 16.5. The lowest BCUT2D eigenvalue weighted by molar-refractivity contribution is -0.129. The predicted molar refractivity (Wildman–Crippen MR) is 95.2 cm³/mol. The summed E-state index contributed by atoms with van der Waals surface area (Å²) in [4.78, 5) is 16.8. The Morgan fingerprint density at radius 2 is 2.09 bits per heavy atom. The molecule has 2 heterocycles. The molecule has 1 aromatic rings. The zero-order chi connectivity index (χ0) is 16.2. The number of ether oxygens (including phenoxy) is 1. The molecule has 2 saturated heterocycles. The molecule has 0 aliphatic carbocycles. The van der Waals surface area contributed by atoms with Gasteiger partial charge in [0.1, 0.15) is 5.75 Å². The number of anilines is 1. The predicted octanol–water partition coefficient (Wildman–Crippen LogP) is 1.57. The third-order valence-electron chi connectivity index (χ3n) is 4.53. The number of rotatable bonds is 7. The number of fused-ring (bicyclic) bond motifs is 2. The molecule has 5 nitrogen and oxygen atoms in total. The van der Waals surface area contributed by atoms with E-state index in [1.165, 1.54) is 5.69 Å². The van der Waals surface area contributed by atoms with E-state index in [1.54, 1.807) is 11.8 Å². The Hall–Kier alpha value is -1.40. The van der Waals surface area contributed by atoms with Crippen LogP contribution in [-0.2, 0) is 4.79 Å². The molecule has 0 radical (unpaired) electrons. The van der Waals surface area contributed by atoms with E-state index in [9.17, 15) is 4.79 Å². The van der Waals surface area contributed by atoms with Gasteiger partial charge in [0.2, 0.25) is 5.91 Å². The Balaban J connectivity index is 1.56. The summed E-state index contributed by atoms with van der Waals surface area (Å²) < 4.78 is 5.50. The highest BCUT2D eigenvalue weighted by molar-refractivity contribution is 7.99. The molecule has 3 rings (SSSR count). The first-order valence-corrected chi connectivity index (χ1v) is 9.45. The van der Waals surface area contributed by atoms with Gasteiger partial charge in [-0.1, -0.05) is 0 Å². The molecular weight excluding hydrogens is 310 g/mol. The van der Waals surface area contributed by atoms with Crippen molar-refractivity contribution < 1.29 is 9.53 Å². The van der Waals surface area contributed by atoms with Crippen molar-refractivity contribution in [2.45, 2.75) is 25.4 Å². The molecule has 2 aliphatic rings. The Kier molecular flexibility index (Phi) is 5.33. The largest absolute Gasteiger partial charge is 0.494 e. The molecule has 0 spiro atoms. The van der Waals surface area contributed by atoms with Crippen LogP contribution in [0.25, 0.3) is 0 Å². The molecule has 0 saturated carbocycles. The summed E-state index contributed by atoms with van der Waals surface area (Å²) in [5.41, 5.74) is 6.71. The summed E-state index contributed by atoms with van der Waals surface area (Å²) in [5, 5.41) is 0. The number of thioether (sulfide) groups is 1. The number of benzene rings is 1. The summed E-state index contributed by atoms with van der Waals surface area (Å²) in [6.07, 6.45) is 1.08. The quantitative estimate of drug-likeness (QED) is 0.767. The van der Waals surface area contributed by atoms with Crippen molar-refractivity contribution in [2.24, 2.45) is 5.73 Å². The van der Waals surface area contributed by atoms with Gasteiger partial charge < -0.3 is 20.3 Å². The lowest BCUT2D eigenvalue weighted by Gasteiger charge is -2.35. The molecule has 126 valence electrons. The second-order valence-corrected chi connectivity index (χ2v) is 7.12. The lowest BCUT2D eigenvalue weighted by atomic mass is 10.2. The van der Waals surface area contributed by atoms with Crippen molar-refractivity contribution in [3.63, 3.8) is 0 Å². The van der Waals surface area contributed by atoms with Crippen molar-refractivity contribution in [3.8, 4) is 5.75 Å². The summed E-state index contributed by atoms with van der Waals surface area (Å²) >= 11 is 1.64. The second kappa shape index (κ2) is 7.45. The summed E-state index contributed by atoms with van der Waals surface area (Å²) in [6.45, 7) is 5.10. The minimum atomic E-state index is 0.266. The fourth-order valence-corrected chi connectivity index (χ4v) is 4.17. The third kappa shape index (κ3) is 3.58. The molecule has 2 bridgehead atoms. The molecule has 1 aromatic carbocycles. The minimum absolute atomic E-state index is 0.266. The van der Waals surface area contributed by atoms with Gasteiger partial charge in [0, 0.05) is 37.1 Å². The lowest BCUT2D eigenvalue weighted by Crippen LogP contribution is -2.49. The summed E-state index contributed by atoms with van der Waals surface area (Å²) in [7, 11) is 0. The molecule has 2 N–H and O–H groups in total. The van der Waals surface area contributed by atoms with Crippen LogP contribution in [-0.4, -0.2) is 60.6 Å². The SMILES string of the molecule is CCOc1ccc(N2CC3CC2CN3C(=O)CSCCN)cc1. The first-order chi connectivity index (χ1) is 11.2. The monoisotopic (exact) mass is 335 g/mol. The maximum atomic E-state index is 12.3. The molecule has 6 heteroatoms. The van der Waals surface area contributed by atoms with E-state index in [-0.39, 0.29) is 5.91 Å². The topological polar surface area (TPSA) is 58.8 Å². The highest BCUT2D eigenvalue weighted by atomic mass is 32.2. The maximum Gasteiger partial charge on any atom is 0.232 e. The zero-order valence-corrected chi connectivity index (χ0v) is 14.4. The fourth-order valence-electron chi connectivity index (χ4n) is 3.51. The molecule has 0 aromatic heterocycles. The van der Waals surface area contributed by atoms with Crippen LogP contribution in [0.2, 0.25) is 0 Å². The smallest absolute Gasteiger partial charge is 0.232 e. The van der Waals surface area contributed by atoms with E-state index < -0.39 is 0 Å². The number of carbonyl (C=O) groups excluding carboxylic acids is 1. The number of hydrogen-bond acceptors (Lipinski definition) is 5. The van der Waals surface area contributed by atoms with Gasteiger partial charge in [0.05, 0.1) is 18.4 Å². The Morgan fingerprint density at radius 3 is 2.70 bits per heavy atom. The average Bonchev–Trinajstić information content (AvgIpc) is 3.16. The molecule has 23 heavy (non-hydrogen) atoms. The second-order valence-electron chi connectivity index (χ2n) is 6.01.